The molecule has 0 aromatic carbocycles. The molecule has 1 aromatic rings. The summed E-state index contributed by atoms with van der Waals surface area (Å²) in [6, 6.07) is 0.890. The Morgan fingerprint density at radius 2 is 2.19 bits per heavy atom. The highest BCUT2D eigenvalue weighted by Gasteiger charge is 2.32. The molecule has 0 spiro atoms. The number of likely N-dealkylation sites (N-methyl/N-ethyl adjacent to an activating group) is 1. The molecule has 0 radical (unpaired) electrons. The topological polar surface area (TPSA) is 119 Å². The number of amides is 1. The Hall–Kier alpha value is -1.76. The van der Waals surface area contributed by atoms with Gasteiger partial charge in [-0.25, -0.2) is 23.0 Å². The van der Waals surface area contributed by atoms with E-state index in [0.29, 0.717) is 10.2 Å². The Morgan fingerprint density at radius 3 is 2.74 bits per heavy atom. The molecule has 0 bridgehead atoms. The summed E-state index contributed by atoms with van der Waals surface area (Å²) in [4.78, 5) is 27.7. The van der Waals surface area contributed by atoms with E-state index < -0.39 is 34.9 Å². The van der Waals surface area contributed by atoms with Gasteiger partial charge in [-0.3, -0.25) is 10.1 Å². The fraction of sp³-hybridized carbons (Fsp3) is 0.533. The van der Waals surface area contributed by atoms with Gasteiger partial charge in [0.05, 0.1) is 16.4 Å². The summed E-state index contributed by atoms with van der Waals surface area (Å²) in [6.07, 6.45) is 0.771. The first-order chi connectivity index (χ1) is 12.5. The van der Waals surface area contributed by atoms with Gasteiger partial charge in [0.25, 0.3) is 0 Å². The van der Waals surface area contributed by atoms with E-state index in [1.54, 1.807) is 33.9 Å². The largest absolute Gasteiger partial charge is 0.444 e. The fourth-order valence-electron chi connectivity index (χ4n) is 1.96. The van der Waals surface area contributed by atoms with E-state index in [0.717, 1.165) is 0 Å². The van der Waals surface area contributed by atoms with Crippen molar-refractivity contribution in [2.75, 3.05) is 25.7 Å². The minimum absolute atomic E-state index is 0.178. The van der Waals surface area contributed by atoms with Gasteiger partial charge < -0.3 is 14.2 Å². The molecule has 150 valence electrons. The van der Waals surface area contributed by atoms with Crippen LogP contribution in [0.25, 0.3) is 0 Å². The summed E-state index contributed by atoms with van der Waals surface area (Å²) >= 11 is 1.87. The molecule has 0 aliphatic carbocycles. The highest BCUT2D eigenvalue weighted by molar-refractivity contribution is 9.10. The minimum Gasteiger partial charge on any atom is -0.444 e. The lowest BCUT2D eigenvalue weighted by Crippen LogP contribution is -2.35. The van der Waals surface area contributed by atoms with Crippen molar-refractivity contribution in [2.24, 2.45) is 0 Å². The number of aromatic nitrogens is 1. The van der Waals surface area contributed by atoms with Crippen molar-refractivity contribution in [2.45, 2.75) is 32.4 Å². The van der Waals surface area contributed by atoms with Crippen LogP contribution in [0.5, 0.6) is 5.88 Å². The van der Waals surface area contributed by atoms with E-state index in [9.17, 15) is 13.8 Å². The molecule has 0 saturated carbocycles. The number of anilines is 1. The summed E-state index contributed by atoms with van der Waals surface area (Å²) in [5.41, 5.74) is -0.210. The van der Waals surface area contributed by atoms with Crippen molar-refractivity contribution in [1.29, 1.82) is 0 Å². The first-order valence-corrected chi connectivity index (χ1v) is 9.79. The lowest BCUT2D eigenvalue weighted by molar-refractivity contribution is -0.152. The molecule has 2 heterocycles. The summed E-state index contributed by atoms with van der Waals surface area (Å²) in [7, 11) is 1.63. The average molecular weight is 465 g/mol. The van der Waals surface area contributed by atoms with Gasteiger partial charge in [-0.1, -0.05) is 0 Å². The van der Waals surface area contributed by atoms with Crippen molar-refractivity contribution in [3.8, 4) is 5.88 Å². The molecule has 1 aliphatic rings. The van der Waals surface area contributed by atoms with E-state index in [2.05, 4.69) is 31.0 Å². The first kappa shape index (κ1) is 21.5. The number of halogens is 1. The summed E-state index contributed by atoms with van der Waals surface area (Å²) < 4.78 is 31.4. The fourth-order valence-corrected chi connectivity index (χ4v) is 3.30. The van der Waals surface area contributed by atoms with Crippen LogP contribution in [0.3, 0.4) is 0 Å². The SMILES string of the molecule is CN1C[C@@H](C(=O)OCOc2ncc(NC(=O)OC(C)(C)C)cc2Br)NS1=O. The van der Waals surface area contributed by atoms with E-state index in [4.69, 9.17) is 14.2 Å². The van der Waals surface area contributed by atoms with E-state index in [1.165, 1.54) is 10.5 Å². The number of esters is 1. The maximum absolute atomic E-state index is 11.9. The number of carbonyl (C=O) groups excluding carboxylic acids is 2. The van der Waals surface area contributed by atoms with Crippen LogP contribution in [0, 0.1) is 0 Å². The van der Waals surface area contributed by atoms with Gasteiger partial charge >= 0.3 is 12.1 Å². The number of nitrogens with zero attached hydrogens (tertiary/aromatic N) is 2. The van der Waals surface area contributed by atoms with Crippen molar-refractivity contribution < 1.29 is 28.0 Å². The van der Waals surface area contributed by atoms with Crippen LogP contribution in [0.4, 0.5) is 10.5 Å². The van der Waals surface area contributed by atoms with Crippen LogP contribution in [0.2, 0.25) is 0 Å². The van der Waals surface area contributed by atoms with Crippen molar-refractivity contribution >= 4 is 44.9 Å². The monoisotopic (exact) mass is 464 g/mol. The van der Waals surface area contributed by atoms with E-state index in [-0.39, 0.29) is 19.2 Å². The zero-order valence-corrected chi connectivity index (χ0v) is 17.7. The van der Waals surface area contributed by atoms with Crippen molar-refractivity contribution in [3.63, 3.8) is 0 Å². The minimum atomic E-state index is -1.40. The maximum atomic E-state index is 11.9. The highest BCUT2D eigenvalue weighted by atomic mass is 79.9. The smallest absolute Gasteiger partial charge is 0.412 e. The zero-order chi connectivity index (χ0) is 20.2. The lowest BCUT2D eigenvalue weighted by Gasteiger charge is -2.19. The number of hydrogen-bond donors (Lipinski definition) is 2. The van der Waals surface area contributed by atoms with E-state index >= 15 is 0 Å². The Bertz CT molecular complexity index is 742. The van der Waals surface area contributed by atoms with Gasteiger partial charge in [0.15, 0.2) is 11.2 Å². The molecule has 27 heavy (non-hydrogen) atoms. The first-order valence-electron chi connectivity index (χ1n) is 7.89. The van der Waals surface area contributed by atoms with Gasteiger partial charge in [-0.2, -0.15) is 0 Å². The number of nitrogens with one attached hydrogen (secondary N) is 2. The van der Waals surface area contributed by atoms with Crippen LogP contribution >= 0.6 is 15.9 Å². The zero-order valence-electron chi connectivity index (χ0n) is 15.3. The van der Waals surface area contributed by atoms with Crippen LogP contribution in [0.15, 0.2) is 16.7 Å². The number of pyridine rings is 1. The van der Waals surface area contributed by atoms with Crippen LogP contribution in [-0.4, -0.2) is 57.6 Å². The van der Waals surface area contributed by atoms with Gasteiger partial charge in [-0.15, -0.1) is 0 Å². The highest BCUT2D eigenvalue weighted by Crippen LogP contribution is 2.25. The summed E-state index contributed by atoms with van der Waals surface area (Å²) in [5.74, 6) is -0.398. The molecule has 1 saturated heterocycles. The number of carbonyl (C=O) groups is 2. The quantitative estimate of drug-likeness (QED) is 0.500. The lowest BCUT2D eigenvalue weighted by atomic mass is 10.2. The molecule has 1 fully saturated rings. The Kier molecular flexibility index (Phi) is 7.14. The molecule has 2 atom stereocenters. The van der Waals surface area contributed by atoms with Gasteiger partial charge in [-0.05, 0) is 42.8 Å². The maximum Gasteiger partial charge on any atom is 0.412 e. The van der Waals surface area contributed by atoms with Crippen LogP contribution in [-0.2, 0) is 25.4 Å². The standard InChI is InChI=1S/C15H21BrN4O6S/c1-15(2,3)26-14(22)18-9-5-10(16)12(17-6-9)24-8-25-13(21)11-7-20(4)27(23)19-11/h5-6,11,19H,7-8H2,1-4H3,(H,18,22)/t11-,27?/m0/s1. The van der Waals surface area contributed by atoms with Crippen molar-refractivity contribution in [1.82, 2.24) is 14.0 Å². The Morgan fingerprint density at radius 1 is 1.48 bits per heavy atom. The Labute approximate surface area is 167 Å². The predicted molar refractivity (Wildman–Crippen MR) is 101 cm³/mol. The molecule has 1 unspecified atom stereocenters. The third-order valence-corrected chi connectivity index (χ3v) is 4.87. The molecule has 10 nitrogen and oxygen atoms in total. The molecule has 12 heteroatoms. The van der Waals surface area contributed by atoms with Gasteiger partial charge in [0.1, 0.15) is 11.6 Å². The second-order valence-corrected chi connectivity index (χ2v) is 8.81. The molecular formula is C15H21BrN4O6S. The van der Waals surface area contributed by atoms with Crippen molar-refractivity contribution in [3.05, 3.63) is 16.7 Å². The number of ether oxygens (including phenoxy) is 3. The molecule has 1 aliphatic heterocycles. The van der Waals surface area contributed by atoms with Gasteiger partial charge in [0, 0.05) is 13.6 Å². The van der Waals surface area contributed by atoms with Crippen LogP contribution in [0.1, 0.15) is 20.8 Å². The summed E-state index contributed by atoms with van der Waals surface area (Å²) in [6.45, 7) is 5.19. The molecule has 2 rings (SSSR count). The normalized spacial score (nSPS) is 20.2. The predicted octanol–water partition coefficient (Wildman–Crippen LogP) is 1.55. The molecule has 1 aromatic heterocycles. The van der Waals surface area contributed by atoms with E-state index in [1.807, 2.05) is 0 Å². The second kappa shape index (κ2) is 8.95. The number of rotatable bonds is 5. The average Bonchev–Trinajstić information content (AvgIpc) is 2.87. The summed E-state index contributed by atoms with van der Waals surface area (Å²) in [5, 5.41) is 2.55. The molecule has 1 amide bonds. The third-order valence-electron chi connectivity index (χ3n) is 3.10. The van der Waals surface area contributed by atoms with Crippen LogP contribution < -0.4 is 14.8 Å². The third kappa shape index (κ3) is 6.72. The molecule has 2 N–H and O–H groups in total. The molecular weight excluding hydrogens is 444 g/mol. The second-order valence-electron chi connectivity index (χ2n) is 6.59. The number of hydrogen-bond acceptors (Lipinski definition) is 7. The van der Waals surface area contributed by atoms with Gasteiger partial charge in [0.2, 0.25) is 12.7 Å². The Balaban J connectivity index is 1.83.